The van der Waals surface area contributed by atoms with Crippen LogP contribution in [0.1, 0.15) is 51.8 Å². The Hall–Kier alpha value is -1.36. The number of nitrogens with zero attached hydrogens (tertiary/aromatic N) is 3. The van der Waals surface area contributed by atoms with Gasteiger partial charge in [0, 0.05) is 31.2 Å². The third-order valence-electron chi connectivity index (χ3n) is 3.77. The van der Waals surface area contributed by atoms with Crippen LogP contribution in [0.3, 0.4) is 0 Å². The maximum atomic E-state index is 12.5. The minimum Gasteiger partial charge on any atom is -0.328 e. The Labute approximate surface area is 114 Å². The molecule has 1 amide bonds. The zero-order chi connectivity index (χ0) is 14.2. The summed E-state index contributed by atoms with van der Waals surface area (Å²) in [6.45, 7) is 6.19. The Morgan fingerprint density at radius 2 is 2.11 bits per heavy atom. The molecule has 19 heavy (non-hydrogen) atoms. The Morgan fingerprint density at radius 3 is 2.63 bits per heavy atom. The maximum Gasteiger partial charge on any atom is 0.223 e. The first-order valence-electron chi connectivity index (χ1n) is 6.88. The lowest BCUT2D eigenvalue weighted by Crippen LogP contribution is -2.52. The molecule has 1 saturated heterocycles. The molecule has 0 bridgehead atoms. The SMILES string of the molecule is Cn1nccc1C1C(N)CCCC(=O)N1C(C)(C)C. The first-order valence-corrected chi connectivity index (χ1v) is 6.88. The molecule has 2 N–H and O–H groups in total. The fourth-order valence-corrected chi connectivity index (χ4v) is 2.93. The number of rotatable bonds is 1. The lowest BCUT2D eigenvalue weighted by molar-refractivity contribution is -0.139. The summed E-state index contributed by atoms with van der Waals surface area (Å²) < 4.78 is 1.82. The molecular weight excluding hydrogens is 240 g/mol. The largest absolute Gasteiger partial charge is 0.328 e. The van der Waals surface area contributed by atoms with E-state index in [0.29, 0.717) is 6.42 Å². The van der Waals surface area contributed by atoms with Gasteiger partial charge in [0.15, 0.2) is 0 Å². The standard InChI is InChI=1S/C14H24N4O/c1-14(2,3)18-12(19)7-5-6-10(15)13(18)11-8-9-16-17(11)4/h8-10,13H,5-7,15H2,1-4H3. The van der Waals surface area contributed by atoms with Gasteiger partial charge in [-0.2, -0.15) is 5.10 Å². The van der Waals surface area contributed by atoms with Crippen molar-refractivity contribution >= 4 is 5.91 Å². The van der Waals surface area contributed by atoms with Crippen molar-refractivity contribution in [2.45, 2.75) is 57.7 Å². The van der Waals surface area contributed by atoms with Crippen molar-refractivity contribution in [3.8, 4) is 0 Å². The van der Waals surface area contributed by atoms with Gasteiger partial charge in [0.1, 0.15) is 0 Å². The number of likely N-dealkylation sites (tertiary alicyclic amines) is 1. The fourth-order valence-electron chi connectivity index (χ4n) is 2.93. The minimum absolute atomic E-state index is 0.0407. The highest BCUT2D eigenvalue weighted by atomic mass is 16.2. The van der Waals surface area contributed by atoms with Crippen molar-refractivity contribution in [2.75, 3.05) is 0 Å². The van der Waals surface area contributed by atoms with Crippen LogP contribution in [0.5, 0.6) is 0 Å². The summed E-state index contributed by atoms with van der Waals surface area (Å²) in [6.07, 6.45) is 4.08. The summed E-state index contributed by atoms with van der Waals surface area (Å²) >= 11 is 0. The maximum absolute atomic E-state index is 12.5. The second kappa shape index (κ2) is 4.96. The van der Waals surface area contributed by atoms with Crippen LogP contribution >= 0.6 is 0 Å². The molecular formula is C14H24N4O. The molecule has 1 aromatic rings. The van der Waals surface area contributed by atoms with Crippen LogP contribution in [0.4, 0.5) is 0 Å². The lowest BCUT2D eigenvalue weighted by atomic mass is 9.95. The van der Waals surface area contributed by atoms with Gasteiger partial charge in [0.25, 0.3) is 0 Å². The van der Waals surface area contributed by atoms with E-state index in [1.165, 1.54) is 0 Å². The zero-order valence-electron chi connectivity index (χ0n) is 12.3. The van der Waals surface area contributed by atoms with Gasteiger partial charge < -0.3 is 10.6 Å². The Morgan fingerprint density at radius 1 is 1.42 bits per heavy atom. The highest BCUT2D eigenvalue weighted by molar-refractivity contribution is 5.78. The molecule has 5 heteroatoms. The van der Waals surface area contributed by atoms with Gasteiger partial charge in [-0.15, -0.1) is 0 Å². The molecule has 2 unspecified atom stereocenters. The van der Waals surface area contributed by atoms with Crippen molar-refractivity contribution in [2.24, 2.45) is 12.8 Å². The van der Waals surface area contributed by atoms with Gasteiger partial charge in [-0.1, -0.05) is 0 Å². The molecule has 0 spiro atoms. The summed E-state index contributed by atoms with van der Waals surface area (Å²) in [5, 5.41) is 4.22. The van der Waals surface area contributed by atoms with Crippen molar-refractivity contribution in [3.05, 3.63) is 18.0 Å². The van der Waals surface area contributed by atoms with E-state index in [4.69, 9.17) is 5.73 Å². The molecule has 0 saturated carbocycles. The van der Waals surface area contributed by atoms with E-state index in [2.05, 4.69) is 25.9 Å². The first kappa shape index (κ1) is 14.1. The highest BCUT2D eigenvalue weighted by Crippen LogP contribution is 2.35. The predicted octanol–water partition coefficient (Wildman–Crippen LogP) is 1.60. The molecule has 1 aliphatic heterocycles. The summed E-state index contributed by atoms with van der Waals surface area (Å²) in [5.74, 6) is 0.187. The number of carbonyl (C=O) groups excluding carboxylic acids is 1. The molecule has 1 fully saturated rings. The Balaban J connectivity index is 2.49. The van der Waals surface area contributed by atoms with Gasteiger partial charge in [0.05, 0.1) is 11.7 Å². The number of hydrogen-bond acceptors (Lipinski definition) is 3. The van der Waals surface area contributed by atoms with Gasteiger partial charge in [0.2, 0.25) is 5.91 Å². The topological polar surface area (TPSA) is 64.2 Å². The molecule has 5 nitrogen and oxygen atoms in total. The monoisotopic (exact) mass is 264 g/mol. The number of amides is 1. The van der Waals surface area contributed by atoms with Crippen molar-refractivity contribution in [3.63, 3.8) is 0 Å². The van der Waals surface area contributed by atoms with Crippen molar-refractivity contribution in [1.82, 2.24) is 14.7 Å². The fraction of sp³-hybridized carbons (Fsp3) is 0.714. The summed E-state index contributed by atoms with van der Waals surface area (Å²) in [7, 11) is 1.90. The van der Waals surface area contributed by atoms with Crippen LogP contribution in [0.15, 0.2) is 12.3 Å². The van der Waals surface area contributed by atoms with Crippen LogP contribution in [0.2, 0.25) is 0 Å². The van der Waals surface area contributed by atoms with Gasteiger partial charge in [-0.3, -0.25) is 9.48 Å². The van der Waals surface area contributed by atoms with Crippen molar-refractivity contribution < 1.29 is 4.79 Å². The highest BCUT2D eigenvalue weighted by Gasteiger charge is 2.40. The van der Waals surface area contributed by atoms with E-state index < -0.39 is 0 Å². The Kier molecular flexibility index (Phi) is 3.67. The molecule has 0 radical (unpaired) electrons. The van der Waals surface area contributed by atoms with E-state index in [1.807, 2.05) is 22.7 Å². The normalized spacial score (nSPS) is 25.5. The van der Waals surface area contributed by atoms with Crippen LogP contribution in [0.25, 0.3) is 0 Å². The lowest BCUT2D eigenvalue weighted by Gasteiger charge is -2.42. The minimum atomic E-state index is -0.242. The van der Waals surface area contributed by atoms with Crippen LogP contribution in [-0.2, 0) is 11.8 Å². The summed E-state index contributed by atoms with van der Waals surface area (Å²) in [4.78, 5) is 14.4. The smallest absolute Gasteiger partial charge is 0.223 e. The molecule has 0 aliphatic carbocycles. The second-order valence-corrected chi connectivity index (χ2v) is 6.32. The molecule has 0 aromatic carbocycles. The quantitative estimate of drug-likeness (QED) is 0.838. The average molecular weight is 264 g/mol. The van der Waals surface area contributed by atoms with Gasteiger partial charge in [-0.25, -0.2) is 0 Å². The van der Waals surface area contributed by atoms with E-state index in [0.717, 1.165) is 18.5 Å². The molecule has 1 aromatic heterocycles. The van der Waals surface area contributed by atoms with E-state index in [9.17, 15) is 4.79 Å². The van der Waals surface area contributed by atoms with Crippen LogP contribution in [-0.4, -0.2) is 32.2 Å². The van der Waals surface area contributed by atoms with E-state index in [-0.39, 0.29) is 23.5 Å². The molecule has 106 valence electrons. The molecule has 1 aliphatic rings. The zero-order valence-corrected chi connectivity index (χ0v) is 12.3. The molecule has 2 heterocycles. The van der Waals surface area contributed by atoms with Crippen molar-refractivity contribution in [1.29, 1.82) is 0 Å². The van der Waals surface area contributed by atoms with E-state index >= 15 is 0 Å². The molecule has 2 atom stereocenters. The third-order valence-corrected chi connectivity index (χ3v) is 3.77. The van der Waals surface area contributed by atoms with E-state index in [1.54, 1.807) is 6.20 Å². The summed E-state index contributed by atoms with van der Waals surface area (Å²) in [6, 6.07) is 1.82. The predicted molar refractivity (Wildman–Crippen MR) is 74.4 cm³/mol. The number of carbonyl (C=O) groups is 1. The number of aryl methyl sites for hydroxylation is 1. The number of hydrogen-bond donors (Lipinski definition) is 1. The van der Waals surface area contributed by atoms with Gasteiger partial charge >= 0.3 is 0 Å². The van der Waals surface area contributed by atoms with Crippen LogP contribution < -0.4 is 5.73 Å². The Bertz CT molecular complexity index is 460. The van der Waals surface area contributed by atoms with Gasteiger partial charge in [-0.05, 0) is 39.7 Å². The van der Waals surface area contributed by atoms with Crippen LogP contribution in [0, 0.1) is 0 Å². The number of nitrogens with two attached hydrogens (primary N) is 1. The summed E-state index contributed by atoms with van der Waals surface area (Å²) in [5.41, 5.74) is 7.12. The molecule has 2 rings (SSSR count). The average Bonchev–Trinajstić information content (AvgIpc) is 2.62. The third kappa shape index (κ3) is 2.66. The number of aromatic nitrogens is 2. The first-order chi connectivity index (χ1) is 8.82. The second-order valence-electron chi connectivity index (χ2n) is 6.32.